The molecule has 18 heavy (non-hydrogen) atoms. The fourth-order valence-corrected chi connectivity index (χ4v) is 3.32. The van der Waals surface area contributed by atoms with Crippen LogP contribution in [0.4, 0.5) is 0 Å². The quantitative estimate of drug-likeness (QED) is 0.882. The molecule has 1 aliphatic heterocycles. The number of hydrogen-bond donors (Lipinski definition) is 1. The summed E-state index contributed by atoms with van der Waals surface area (Å²) in [7, 11) is 0. The van der Waals surface area contributed by atoms with Gasteiger partial charge in [0, 0.05) is 18.6 Å². The molecule has 1 aliphatic carbocycles. The summed E-state index contributed by atoms with van der Waals surface area (Å²) < 4.78 is 0. The van der Waals surface area contributed by atoms with E-state index in [2.05, 4.69) is 36.1 Å². The van der Waals surface area contributed by atoms with Gasteiger partial charge in [0.1, 0.15) is 0 Å². The molecule has 0 amide bonds. The second kappa shape index (κ2) is 5.02. The Morgan fingerprint density at radius 3 is 2.78 bits per heavy atom. The highest BCUT2D eigenvalue weighted by Crippen LogP contribution is 2.41. The molecule has 3 rings (SSSR count). The molecule has 2 nitrogen and oxygen atoms in total. The van der Waals surface area contributed by atoms with Crippen LogP contribution in [0.15, 0.2) is 24.3 Å². The molecule has 2 N–H and O–H groups in total. The molecule has 2 fully saturated rings. The molecule has 1 saturated heterocycles. The van der Waals surface area contributed by atoms with E-state index < -0.39 is 0 Å². The van der Waals surface area contributed by atoms with Crippen molar-refractivity contribution >= 4 is 0 Å². The molecule has 2 aliphatic rings. The third-order valence-corrected chi connectivity index (χ3v) is 4.57. The van der Waals surface area contributed by atoms with Crippen LogP contribution in [0.2, 0.25) is 0 Å². The van der Waals surface area contributed by atoms with Gasteiger partial charge in [-0.05, 0) is 56.2 Å². The number of nitrogens with two attached hydrogens (primary N) is 1. The third-order valence-electron chi connectivity index (χ3n) is 4.57. The van der Waals surface area contributed by atoms with Gasteiger partial charge >= 0.3 is 0 Å². The van der Waals surface area contributed by atoms with Gasteiger partial charge in [0.25, 0.3) is 0 Å². The minimum Gasteiger partial charge on any atom is -0.329 e. The van der Waals surface area contributed by atoms with Crippen LogP contribution in [0, 0.1) is 0 Å². The van der Waals surface area contributed by atoms with Gasteiger partial charge in [0.2, 0.25) is 0 Å². The molecule has 0 spiro atoms. The van der Waals surface area contributed by atoms with E-state index in [-0.39, 0.29) is 0 Å². The number of benzene rings is 1. The highest BCUT2D eigenvalue weighted by molar-refractivity contribution is 5.31. The van der Waals surface area contributed by atoms with E-state index in [0.29, 0.717) is 12.1 Å². The van der Waals surface area contributed by atoms with Gasteiger partial charge in [-0.2, -0.15) is 0 Å². The Balaban J connectivity index is 1.83. The average molecular weight is 244 g/mol. The first kappa shape index (κ1) is 12.2. The van der Waals surface area contributed by atoms with Crippen molar-refractivity contribution in [2.75, 3.05) is 13.1 Å². The summed E-state index contributed by atoms with van der Waals surface area (Å²) >= 11 is 0. The summed E-state index contributed by atoms with van der Waals surface area (Å²) in [5.74, 6) is 0.833. The minimum absolute atomic E-state index is 0.418. The normalized spacial score (nSPS) is 26.4. The minimum atomic E-state index is 0.418. The second-order valence-electron chi connectivity index (χ2n) is 5.92. The molecule has 1 saturated carbocycles. The molecule has 1 heterocycles. The maximum Gasteiger partial charge on any atom is 0.0473 e. The van der Waals surface area contributed by atoms with Gasteiger partial charge in [-0.25, -0.2) is 0 Å². The smallest absolute Gasteiger partial charge is 0.0473 e. The van der Waals surface area contributed by atoms with E-state index in [0.717, 1.165) is 12.5 Å². The molecule has 2 unspecified atom stereocenters. The van der Waals surface area contributed by atoms with E-state index in [4.69, 9.17) is 5.73 Å². The summed E-state index contributed by atoms with van der Waals surface area (Å²) in [5, 5.41) is 0. The van der Waals surface area contributed by atoms with Gasteiger partial charge in [0.15, 0.2) is 0 Å². The molecule has 2 atom stereocenters. The van der Waals surface area contributed by atoms with E-state index in [1.807, 2.05) is 0 Å². The van der Waals surface area contributed by atoms with Crippen molar-refractivity contribution in [1.82, 2.24) is 4.90 Å². The van der Waals surface area contributed by atoms with Gasteiger partial charge in [-0.3, -0.25) is 4.90 Å². The first-order valence-electron chi connectivity index (χ1n) is 7.35. The van der Waals surface area contributed by atoms with Crippen molar-refractivity contribution in [2.24, 2.45) is 5.73 Å². The predicted molar refractivity (Wildman–Crippen MR) is 75.6 cm³/mol. The standard InChI is InChI=1S/C16H24N2/c1-12-4-3-9-18(12)16(11-17)15-6-2-5-14(10-15)13-7-8-13/h2,5-6,10,12-13,16H,3-4,7-9,11,17H2,1H3. The van der Waals surface area contributed by atoms with E-state index in [1.165, 1.54) is 43.4 Å². The largest absolute Gasteiger partial charge is 0.329 e. The lowest BCUT2D eigenvalue weighted by Gasteiger charge is -2.31. The molecule has 2 heteroatoms. The highest BCUT2D eigenvalue weighted by atomic mass is 15.2. The van der Waals surface area contributed by atoms with Crippen molar-refractivity contribution in [3.05, 3.63) is 35.4 Å². The Morgan fingerprint density at radius 2 is 2.17 bits per heavy atom. The van der Waals surface area contributed by atoms with Crippen LogP contribution in [0.5, 0.6) is 0 Å². The van der Waals surface area contributed by atoms with Gasteiger partial charge in [-0.1, -0.05) is 24.3 Å². The predicted octanol–water partition coefficient (Wildman–Crippen LogP) is 3.05. The lowest BCUT2D eigenvalue weighted by atomic mass is 10.00. The number of nitrogens with zero attached hydrogens (tertiary/aromatic N) is 1. The molecular formula is C16H24N2. The highest BCUT2D eigenvalue weighted by Gasteiger charge is 2.29. The Morgan fingerprint density at radius 1 is 1.33 bits per heavy atom. The summed E-state index contributed by atoms with van der Waals surface area (Å²) in [6, 6.07) is 10.3. The summed E-state index contributed by atoms with van der Waals surface area (Å²) in [6.07, 6.45) is 5.38. The molecular weight excluding hydrogens is 220 g/mol. The first-order chi connectivity index (χ1) is 8.79. The first-order valence-corrected chi connectivity index (χ1v) is 7.35. The fourth-order valence-electron chi connectivity index (χ4n) is 3.32. The Labute approximate surface area is 110 Å². The molecule has 98 valence electrons. The zero-order chi connectivity index (χ0) is 12.5. The van der Waals surface area contributed by atoms with Crippen molar-refractivity contribution in [1.29, 1.82) is 0 Å². The fraction of sp³-hybridized carbons (Fsp3) is 0.625. The maximum absolute atomic E-state index is 6.05. The SMILES string of the molecule is CC1CCCN1C(CN)c1cccc(C2CC2)c1. The van der Waals surface area contributed by atoms with Crippen LogP contribution in [-0.4, -0.2) is 24.0 Å². The van der Waals surface area contributed by atoms with Crippen molar-refractivity contribution < 1.29 is 0 Å². The van der Waals surface area contributed by atoms with Crippen molar-refractivity contribution in [2.45, 2.75) is 50.6 Å². The van der Waals surface area contributed by atoms with Gasteiger partial charge in [0.05, 0.1) is 0 Å². The molecule has 0 bridgehead atoms. The lowest BCUT2D eigenvalue weighted by Crippen LogP contribution is -2.36. The van der Waals surface area contributed by atoms with E-state index >= 15 is 0 Å². The Kier molecular flexibility index (Phi) is 3.40. The van der Waals surface area contributed by atoms with E-state index in [9.17, 15) is 0 Å². The Hall–Kier alpha value is -0.860. The summed E-state index contributed by atoms with van der Waals surface area (Å²) in [6.45, 7) is 4.27. The van der Waals surface area contributed by atoms with Crippen LogP contribution in [0.3, 0.4) is 0 Å². The molecule has 1 aromatic rings. The third kappa shape index (κ3) is 2.32. The van der Waals surface area contributed by atoms with Crippen LogP contribution in [0.1, 0.15) is 55.7 Å². The van der Waals surface area contributed by atoms with Crippen molar-refractivity contribution in [3.63, 3.8) is 0 Å². The maximum atomic E-state index is 6.05. The topological polar surface area (TPSA) is 29.3 Å². The second-order valence-corrected chi connectivity index (χ2v) is 5.92. The van der Waals surface area contributed by atoms with Crippen LogP contribution in [0.25, 0.3) is 0 Å². The molecule has 0 aromatic heterocycles. The zero-order valence-electron chi connectivity index (χ0n) is 11.3. The average Bonchev–Trinajstić information content (AvgIpc) is 3.16. The van der Waals surface area contributed by atoms with Crippen LogP contribution in [-0.2, 0) is 0 Å². The number of likely N-dealkylation sites (tertiary alicyclic amines) is 1. The monoisotopic (exact) mass is 244 g/mol. The number of rotatable bonds is 4. The Bertz CT molecular complexity index is 411. The molecule has 1 aromatic carbocycles. The summed E-state index contributed by atoms with van der Waals surface area (Å²) in [5.41, 5.74) is 9.00. The van der Waals surface area contributed by atoms with Gasteiger partial charge in [-0.15, -0.1) is 0 Å². The van der Waals surface area contributed by atoms with Crippen LogP contribution >= 0.6 is 0 Å². The molecule has 0 radical (unpaired) electrons. The van der Waals surface area contributed by atoms with Crippen LogP contribution < -0.4 is 5.73 Å². The lowest BCUT2D eigenvalue weighted by molar-refractivity contribution is 0.195. The van der Waals surface area contributed by atoms with E-state index in [1.54, 1.807) is 0 Å². The number of hydrogen-bond acceptors (Lipinski definition) is 2. The zero-order valence-corrected chi connectivity index (χ0v) is 11.3. The summed E-state index contributed by atoms with van der Waals surface area (Å²) in [4.78, 5) is 2.59. The van der Waals surface area contributed by atoms with Gasteiger partial charge < -0.3 is 5.73 Å². The van der Waals surface area contributed by atoms with Crippen molar-refractivity contribution in [3.8, 4) is 0 Å².